The fraction of sp³-hybridized carbons (Fsp3) is 0.357. The summed E-state index contributed by atoms with van der Waals surface area (Å²) < 4.78 is 29.2. The number of ketones is 6. The normalized spacial score (nSPS) is 10.5. The van der Waals surface area contributed by atoms with Gasteiger partial charge in [0.15, 0.2) is 5.78 Å². The lowest BCUT2D eigenvalue weighted by Crippen LogP contribution is -2.31. The molecule has 0 atom stereocenters. The summed E-state index contributed by atoms with van der Waals surface area (Å²) in [7, 11) is 3.16. The van der Waals surface area contributed by atoms with Crippen LogP contribution < -0.4 is 38.1 Å². The van der Waals surface area contributed by atoms with Crippen molar-refractivity contribution in [3.63, 3.8) is 0 Å². The molecule has 10 rings (SSSR count). The van der Waals surface area contributed by atoms with Crippen LogP contribution in [-0.4, -0.2) is 154 Å². The zero-order valence-corrected chi connectivity index (χ0v) is 84.5. The first-order valence-corrected chi connectivity index (χ1v) is 48.5. The van der Waals surface area contributed by atoms with Crippen LogP contribution in [-0.2, 0) is 137 Å². The number of benzene rings is 10. The quantitative estimate of drug-likeness (QED) is 0.00777. The van der Waals surface area contributed by atoms with Crippen LogP contribution in [0.5, 0.6) is 11.5 Å². The third-order valence-corrected chi connectivity index (χ3v) is 22.7. The number of nitrogen functional groups attached to an aromatic ring is 5. The van der Waals surface area contributed by atoms with Gasteiger partial charge in [-0.25, -0.2) is 29.4 Å². The number of esters is 1. The predicted molar refractivity (Wildman–Crippen MR) is 555 cm³/mol. The smallest absolute Gasteiger partial charge is 0.338 e. The minimum absolute atomic E-state index is 0.00455. The Kier molecular flexibility index (Phi) is 53.8. The monoisotopic (exact) mass is 1990 g/mol. The molecule has 0 unspecified atom stereocenters. The van der Waals surface area contributed by atoms with E-state index in [4.69, 9.17) is 62.2 Å². The number of halogens is 1. The molecule has 32 nitrogen and oxygen atoms in total. The first-order valence-electron chi connectivity index (χ1n) is 48.5. The van der Waals surface area contributed by atoms with Gasteiger partial charge in [0.2, 0.25) is 29.5 Å². The molecule has 0 aliphatic rings. The first-order chi connectivity index (χ1) is 69.6. The fourth-order valence-corrected chi connectivity index (χ4v) is 14.2. The number of methoxy groups -OCH3 is 2. The van der Waals surface area contributed by atoms with E-state index in [1.807, 2.05) is 141 Å². The van der Waals surface area contributed by atoms with Crippen LogP contribution in [0.15, 0.2) is 237 Å². The average Bonchev–Trinajstić information content (AvgIpc) is 0.837. The van der Waals surface area contributed by atoms with Gasteiger partial charge in [-0.3, -0.25) is 82.2 Å². The topological polar surface area (TPSA) is 459 Å². The maximum Gasteiger partial charge on any atom is 0.338 e. The molecule has 0 saturated carbocycles. The molecule has 0 heterocycles. The number of nitrogens with zero attached hydrogens (tertiary/aromatic N) is 6. The van der Waals surface area contributed by atoms with E-state index in [-0.39, 0.29) is 166 Å². The van der Waals surface area contributed by atoms with E-state index in [0.717, 1.165) is 50.3 Å². The van der Waals surface area contributed by atoms with Crippen LogP contribution >= 0.6 is 0 Å². The van der Waals surface area contributed by atoms with E-state index < -0.39 is 10.9 Å². The second-order valence-electron chi connectivity index (χ2n) is 33.6. The number of nitro groups is 1. The van der Waals surface area contributed by atoms with Crippen molar-refractivity contribution in [3.8, 4) is 11.5 Å². The van der Waals surface area contributed by atoms with Gasteiger partial charge in [-0.1, -0.05) is 115 Å². The molecular formula is C112H138FN11O21. The Hall–Kier alpha value is -15.2. The number of ether oxygens (including phenoxy) is 3. The highest BCUT2D eigenvalue weighted by Crippen LogP contribution is 2.26. The van der Waals surface area contributed by atoms with Crippen molar-refractivity contribution in [2.24, 2.45) is 0 Å². The van der Waals surface area contributed by atoms with Crippen LogP contribution in [0.2, 0.25) is 0 Å². The van der Waals surface area contributed by atoms with Gasteiger partial charge in [0.05, 0.1) is 31.3 Å². The molecule has 10 aromatic rings. The molecule has 10 aromatic carbocycles. The maximum absolute atomic E-state index is 13.6. The zero-order chi connectivity index (χ0) is 106. The van der Waals surface area contributed by atoms with Crippen molar-refractivity contribution in [1.29, 1.82) is 0 Å². The second-order valence-corrected chi connectivity index (χ2v) is 33.6. The van der Waals surface area contributed by atoms with E-state index in [1.54, 1.807) is 138 Å². The van der Waals surface area contributed by atoms with Crippen molar-refractivity contribution in [2.45, 2.75) is 210 Å². The van der Waals surface area contributed by atoms with Gasteiger partial charge in [-0.15, -0.1) is 0 Å². The molecular weight excluding hydrogens is 1850 g/mol. The summed E-state index contributed by atoms with van der Waals surface area (Å²) in [4.78, 5) is 180. The SMILES string of the molecule is CCN(Cc1cc(C(C)=O)ccc1OC)C(=O)CCC(=O)CCc1ccc(N)cc1.CCN(OCc1cccc(OC)c1)C(=O)CCC(=O)CCc1ccc(N)cc1.CCN(OCc1cccc([N+](=O)[O-])c1)C(=O)CCC(=O)CCc1ccc(N)cc1.CCN(OCc1ccccc1F)C(=O)CCC(=O)CCc1ccc(N)cc1.CCOC(=O)c1cccc(CON(CC)C(=O)CCC(=O)CCc2ccc(N)cc2)c1. The number of hydroxylamine groups is 8. The standard InChI is InChI=1S/C24H30N2O5.C24H30N2O4.C22H28N2O4.C21H25FN2O3.C21H25N3O5/c1-3-26(31-17-19-6-5-7-20(16-19)24(29)30-4-2)23(28)15-14-22(27)13-10-18-8-11-21(25)12-9-18;1-4-26(16-20-15-19(17(2)27)8-13-23(20)30-3)24(29)14-12-22(28)11-7-18-5-9-21(25)10-6-18;1-3-24(28-16-18-5-4-6-21(15-18)27-2)22(26)14-13-20(25)12-9-17-7-10-19(23)11-8-17;1-2-24(27-15-17-5-3-4-6-20(17)22)21(26)14-13-19(25)12-9-16-7-10-18(23)11-8-16;1-2-23(29-15-17-4-3-5-19(14-17)24(27)28)21(26)13-12-20(25)11-8-16-6-9-18(22)10-7-16/h5-9,11-12,16H,3-4,10,13-15,17,25H2,1-2H3;5-6,8-10,13,15H,4,7,11-12,14,16,25H2,1-3H3;4-8,10-11,15H,3,9,12-14,16,23H2,1-2H3;3-8,10-11H,2,9,12-15,23H2,1H3;3-7,9-10,14H,2,8,11-13,15,22H2,1H3. The number of carbonyl (C=O) groups is 12. The highest BCUT2D eigenvalue weighted by Gasteiger charge is 2.24. The number of Topliss-reactive ketones (excluding diaryl/α,β-unsaturated/α-hetero) is 6. The maximum atomic E-state index is 13.6. The second kappa shape index (κ2) is 65.8. The molecule has 0 aliphatic carbocycles. The highest BCUT2D eigenvalue weighted by atomic mass is 19.1. The summed E-state index contributed by atoms with van der Waals surface area (Å²) in [5.41, 5.74) is 41.3. The van der Waals surface area contributed by atoms with Gasteiger partial charge in [0.1, 0.15) is 72.7 Å². The number of hydrogen-bond donors (Lipinski definition) is 5. The molecule has 0 fully saturated rings. The van der Waals surface area contributed by atoms with Gasteiger partial charge in [-0.2, -0.15) is 0 Å². The molecule has 0 saturated heterocycles. The summed E-state index contributed by atoms with van der Waals surface area (Å²) in [6, 6.07) is 69.0. The van der Waals surface area contributed by atoms with Crippen LogP contribution in [0.3, 0.4) is 0 Å². The van der Waals surface area contributed by atoms with E-state index in [2.05, 4.69) is 0 Å². The third kappa shape index (κ3) is 46.2. The number of anilines is 5. The zero-order valence-electron chi connectivity index (χ0n) is 84.5. The van der Waals surface area contributed by atoms with Crippen LogP contribution in [0.4, 0.5) is 38.5 Å². The Bertz CT molecular complexity index is 5790. The number of carbonyl (C=O) groups excluding carboxylic acids is 12. The lowest BCUT2D eigenvalue weighted by molar-refractivity contribution is -0.385. The summed E-state index contributed by atoms with van der Waals surface area (Å²) in [6.07, 6.45) is 6.51. The molecule has 145 heavy (non-hydrogen) atoms. The third-order valence-electron chi connectivity index (χ3n) is 22.7. The van der Waals surface area contributed by atoms with Crippen LogP contribution in [0.25, 0.3) is 0 Å². The van der Waals surface area contributed by atoms with Crippen molar-refractivity contribution in [1.82, 2.24) is 25.2 Å². The number of amides is 5. The van der Waals surface area contributed by atoms with E-state index in [1.165, 1.54) is 45.4 Å². The molecule has 0 aromatic heterocycles. The van der Waals surface area contributed by atoms with E-state index >= 15 is 0 Å². The summed E-state index contributed by atoms with van der Waals surface area (Å²) in [6.45, 7) is 15.3. The Morgan fingerprint density at radius 3 is 0.993 bits per heavy atom. The Morgan fingerprint density at radius 2 is 0.662 bits per heavy atom. The molecule has 0 aliphatic heterocycles. The number of hydrogen-bond acceptors (Lipinski definition) is 26. The van der Waals surface area contributed by atoms with Gasteiger partial charge < -0.3 is 47.8 Å². The molecule has 10 N–H and O–H groups in total. The molecule has 0 radical (unpaired) electrons. The number of nitro benzene ring substituents is 1. The molecule has 0 bridgehead atoms. The van der Waals surface area contributed by atoms with Crippen LogP contribution in [0, 0.1) is 15.9 Å². The van der Waals surface area contributed by atoms with Crippen molar-refractivity contribution >= 4 is 104 Å². The fourth-order valence-electron chi connectivity index (χ4n) is 14.2. The molecule has 0 spiro atoms. The van der Waals surface area contributed by atoms with E-state index in [0.29, 0.717) is 167 Å². The van der Waals surface area contributed by atoms with Crippen molar-refractivity contribution in [2.75, 3.05) is 82.2 Å². The van der Waals surface area contributed by atoms with Crippen molar-refractivity contribution in [3.05, 3.63) is 319 Å². The number of rotatable bonds is 55. The number of non-ortho nitro benzene ring substituents is 1. The predicted octanol–water partition coefficient (Wildman–Crippen LogP) is 18.2. The number of nitrogens with two attached hydrogens (primary N) is 5. The van der Waals surface area contributed by atoms with Gasteiger partial charge in [0, 0.05) is 193 Å². The Labute approximate surface area is 848 Å². The molecule has 774 valence electrons. The summed E-state index contributed by atoms with van der Waals surface area (Å²) >= 11 is 0. The van der Waals surface area contributed by atoms with Crippen LogP contribution in [0.1, 0.15) is 221 Å². The average molecular weight is 1990 g/mol. The largest absolute Gasteiger partial charge is 0.497 e. The first kappa shape index (κ1) is 119. The minimum Gasteiger partial charge on any atom is -0.497 e. The van der Waals surface area contributed by atoms with Gasteiger partial charge in [0.25, 0.3) is 5.69 Å². The lowest BCUT2D eigenvalue weighted by atomic mass is 10.0. The Balaban J connectivity index is 0.000000277. The molecule has 33 heteroatoms. The Morgan fingerprint density at radius 1 is 0.324 bits per heavy atom. The lowest BCUT2D eigenvalue weighted by Gasteiger charge is -2.22. The highest BCUT2D eigenvalue weighted by molar-refractivity contribution is 5.95. The summed E-state index contributed by atoms with van der Waals surface area (Å²) in [5, 5.41) is 15.8. The van der Waals surface area contributed by atoms with Gasteiger partial charge >= 0.3 is 5.97 Å². The minimum atomic E-state index is -0.484. The number of aryl methyl sites for hydroxylation is 5. The molecule has 5 amide bonds. The van der Waals surface area contributed by atoms with Crippen molar-refractivity contribution < 1.29 is 100 Å². The van der Waals surface area contributed by atoms with E-state index in [9.17, 15) is 72.0 Å². The van der Waals surface area contributed by atoms with Gasteiger partial charge in [-0.05, 0) is 234 Å². The summed E-state index contributed by atoms with van der Waals surface area (Å²) in [5.74, 6) is -0.365.